The van der Waals surface area contributed by atoms with Crippen molar-refractivity contribution in [3.05, 3.63) is 52.5 Å². The van der Waals surface area contributed by atoms with Gasteiger partial charge in [-0.2, -0.15) is 0 Å². The van der Waals surface area contributed by atoms with Crippen molar-refractivity contribution in [3.63, 3.8) is 0 Å². The summed E-state index contributed by atoms with van der Waals surface area (Å²) in [6.45, 7) is 0. The molecule has 2 rings (SSSR count). The van der Waals surface area contributed by atoms with Crippen LogP contribution in [0.2, 0.25) is 0 Å². The molecule has 0 N–H and O–H groups in total. The summed E-state index contributed by atoms with van der Waals surface area (Å²) in [7, 11) is 1.77. The molecule has 0 spiro atoms. The van der Waals surface area contributed by atoms with Gasteiger partial charge < -0.3 is 9.40 Å². The van der Waals surface area contributed by atoms with Crippen LogP contribution in [-0.2, 0) is 11.9 Å². The Morgan fingerprint density at radius 3 is 3.06 bits per heavy atom. The SMILES string of the molecule is Cn1cnc(C(=O)ON=Cc2cccc(Br)c2)c1. The van der Waals surface area contributed by atoms with Crippen LogP contribution in [0.1, 0.15) is 16.1 Å². The number of rotatable bonds is 3. The normalized spacial score (nSPS) is 10.8. The average molecular weight is 308 g/mol. The first-order valence-electron chi connectivity index (χ1n) is 5.13. The Hall–Kier alpha value is -1.95. The van der Waals surface area contributed by atoms with Gasteiger partial charge in [0.25, 0.3) is 0 Å². The number of imidazole rings is 1. The first-order valence-corrected chi connectivity index (χ1v) is 5.93. The van der Waals surface area contributed by atoms with Crippen LogP contribution in [0.4, 0.5) is 0 Å². The summed E-state index contributed by atoms with van der Waals surface area (Å²) in [4.78, 5) is 20.1. The molecule has 0 unspecified atom stereocenters. The van der Waals surface area contributed by atoms with Crippen LogP contribution >= 0.6 is 15.9 Å². The monoisotopic (exact) mass is 307 g/mol. The number of benzene rings is 1. The Kier molecular flexibility index (Phi) is 3.88. The van der Waals surface area contributed by atoms with Crippen LogP contribution in [0.15, 0.2) is 46.4 Å². The molecule has 0 aliphatic rings. The maximum atomic E-state index is 11.5. The lowest BCUT2D eigenvalue weighted by Gasteiger charge is -1.94. The fourth-order valence-corrected chi connectivity index (χ4v) is 1.70. The Morgan fingerprint density at radius 1 is 1.56 bits per heavy atom. The lowest BCUT2D eigenvalue weighted by atomic mass is 10.2. The van der Waals surface area contributed by atoms with E-state index < -0.39 is 5.97 Å². The molecule has 2 aromatic rings. The van der Waals surface area contributed by atoms with Crippen molar-refractivity contribution in [1.82, 2.24) is 9.55 Å². The molecular weight excluding hydrogens is 298 g/mol. The minimum Gasteiger partial charge on any atom is -0.340 e. The molecule has 6 heteroatoms. The molecule has 18 heavy (non-hydrogen) atoms. The van der Waals surface area contributed by atoms with Gasteiger partial charge in [-0.05, 0) is 17.7 Å². The fraction of sp³-hybridized carbons (Fsp3) is 0.0833. The van der Waals surface area contributed by atoms with E-state index in [1.807, 2.05) is 24.3 Å². The minimum absolute atomic E-state index is 0.226. The fourth-order valence-electron chi connectivity index (χ4n) is 1.29. The number of aryl methyl sites for hydroxylation is 1. The molecular formula is C12H10BrN3O2. The van der Waals surface area contributed by atoms with Gasteiger partial charge in [0.15, 0.2) is 5.69 Å². The van der Waals surface area contributed by atoms with Crippen molar-refractivity contribution >= 4 is 28.1 Å². The third-order valence-electron chi connectivity index (χ3n) is 2.10. The molecule has 0 bridgehead atoms. The summed E-state index contributed by atoms with van der Waals surface area (Å²) in [6, 6.07) is 7.48. The minimum atomic E-state index is -0.582. The quantitative estimate of drug-likeness (QED) is 0.497. The molecule has 0 atom stereocenters. The largest absolute Gasteiger partial charge is 0.385 e. The second kappa shape index (κ2) is 5.59. The Morgan fingerprint density at radius 2 is 2.39 bits per heavy atom. The number of oxime groups is 1. The van der Waals surface area contributed by atoms with E-state index in [1.165, 1.54) is 12.5 Å². The van der Waals surface area contributed by atoms with Gasteiger partial charge in [0.05, 0.1) is 12.5 Å². The highest BCUT2D eigenvalue weighted by Crippen LogP contribution is 2.10. The Labute approximate surface area is 112 Å². The van der Waals surface area contributed by atoms with Gasteiger partial charge in [-0.25, -0.2) is 9.78 Å². The molecule has 5 nitrogen and oxygen atoms in total. The van der Waals surface area contributed by atoms with Crippen molar-refractivity contribution in [1.29, 1.82) is 0 Å². The van der Waals surface area contributed by atoms with Gasteiger partial charge in [0.1, 0.15) is 0 Å². The van der Waals surface area contributed by atoms with Crippen molar-refractivity contribution < 1.29 is 9.63 Å². The second-order valence-corrected chi connectivity index (χ2v) is 4.51. The molecule has 1 heterocycles. The van der Waals surface area contributed by atoms with Gasteiger partial charge in [0, 0.05) is 17.7 Å². The molecule has 0 radical (unpaired) electrons. The average Bonchev–Trinajstić information content (AvgIpc) is 2.76. The highest BCUT2D eigenvalue weighted by Gasteiger charge is 2.09. The number of carbonyl (C=O) groups is 1. The van der Waals surface area contributed by atoms with Crippen LogP contribution in [0.5, 0.6) is 0 Å². The molecule has 92 valence electrons. The van der Waals surface area contributed by atoms with Gasteiger partial charge in [-0.3, -0.25) is 0 Å². The predicted octanol–water partition coefficient (Wildman–Crippen LogP) is 2.37. The summed E-state index contributed by atoms with van der Waals surface area (Å²) in [5, 5.41) is 3.62. The molecule has 0 aliphatic carbocycles. The van der Waals surface area contributed by atoms with E-state index in [9.17, 15) is 4.79 Å². The zero-order valence-corrected chi connectivity index (χ0v) is 11.2. The van der Waals surface area contributed by atoms with Gasteiger partial charge in [-0.1, -0.05) is 33.2 Å². The number of hydrogen-bond donors (Lipinski definition) is 0. The van der Waals surface area contributed by atoms with Gasteiger partial charge in [0.2, 0.25) is 0 Å². The van der Waals surface area contributed by atoms with Crippen LogP contribution in [0.25, 0.3) is 0 Å². The van der Waals surface area contributed by atoms with E-state index in [2.05, 4.69) is 26.1 Å². The highest BCUT2D eigenvalue weighted by atomic mass is 79.9. The van der Waals surface area contributed by atoms with Gasteiger partial charge >= 0.3 is 5.97 Å². The maximum absolute atomic E-state index is 11.5. The van der Waals surface area contributed by atoms with Gasteiger partial charge in [-0.15, -0.1) is 0 Å². The standard InChI is InChI=1S/C12H10BrN3O2/c1-16-7-11(14-8-16)12(17)18-15-6-9-3-2-4-10(13)5-9/h2-8H,1H3. The summed E-state index contributed by atoms with van der Waals surface area (Å²) in [5.41, 5.74) is 1.06. The van der Waals surface area contributed by atoms with Crippen molar-refractivity contribution in [2.24, 2.45) is 12.2 Å². The van der Waals surface area contributed by atoms with Crippen LogP contribution in [0, 0.1) is 0 Å². The van der Waals surface area contributed by atoms with Crippen molar-refractivity contribution in [3.8, 4) is 0 Å². The van der Waals surface area contributed by atoms with E-state index in [0.29, 0.717) is 0 Å². The summed E-state index contributed by atoms with van der Waals surface area (Å²) in [6.07, 6.45) is 4.55. The lowest BCUT2D eigenvalue weighted by Crippen LogP contribution is -2.01. The first kappa shape index (κ1) is 12.5. The molecule has 0 aliphatic heterocycles. The summed E-state index contributed by atoms with van der Waals surface area (Å²) >= 11 is 3.34. The van der Waals surface area contributed by atoms with E-state index in [0.717, 1.165) is 10.0 Å². The van der Waals surface area contributed by atoms with Crippen LogP contribution in [0.3, 0.4) is 0 Å². The van der Waals surface area contributed by atoms with E-state index >= 15 is 0 Å². The molecule has 0 amide bonds. The predicted molar refractivity (Wildman–Crippen MR) is 70.4 cm³/mol. The number of nitrogens with zero attached hydrogens (tertiary/aromatic N) is 3. The highest BCUT2D eigenvalue weighted by molar-refractivity contribution is 9.10. The number of halogens is 1. The van der Waals surface area contributed by atoms with Crippen molar-refractivity contribution in [2.75, 3.05) is 0 Å². The van der Waals surface area contributed by atoms with E-state index in [-0.39, 0.29) is 5.69 Å². The molecule has 0 saturated carbocycles. The second-order valence-electron chi connectivity index (χ2n) is 3.59. The molecule has 1 aromatic heterocycles. The van der Waals surface area contributed by atoms with Crippen LogP contribution < -0.4 is 0 Å². The van der Waals surface area contributed by atoms with Crippen molar-refractivity contribution in [2.45, 2.75) is 0 Å². The maximum Gasteiger partial charge on any atom is 0.385 e. The third kappa shape index (κ3) is 3.27. The Balaban J connectivity index is 1.97. The topological polar surface area (TPSA) is 56.5 Å². The summed E-state index contributed by atoms with van der Waals surface area (Å²) in [5.74, 6) is -0.582. The number of carbonyl (C=O) groups excluding carboxylic acids is 1. The third-order valence-corrected chi connectivity index (χ3v) is 2.59. The summed E-state index contributed by atoms with van der Waals surface area (Å²) < 4.78 is 2.59. The Bertz CT molecular complexity index is 593. The zero-order valence-electron chi connectivity index (χ0n) is 9.58. The zero-order chi connectivity index (χ0) is 13.0. The smallest absolute Gasteiger partial charge is 0.340 e. The molecule has 0 fully saturated rings. The van der Waals surface area contributed by atoms with Crippen LogP contribution in [-0.4, -0.2) is 21.7 Å². The first-order chi connectivity index (χ1) is 8.65. The lowest BCUT2D eigenvalue weighted by molar-refractivity contribution is 0.0513. The number of hydrogen-bond acceptors (Lipinski definition) is 4. The number of aromatic nitrogens is 2. The molecule has 0 saturated heterocycles. The molecule has 1 aromatic carbocycles. The van der Waals surface area contributed by atoms with E-state index in [4.69, 9.17) is 4.84 Å². The van der Waals surface area contributed by atoms with E-state index in [1.54, 1.807) is 17.8 Å².